The molecule has 1 aliphatic heterocycles. The van der Waals surface area contributed by atoms with Gasteiger partial charge in [-0.25, -0.2) is 0 Å². The average Bonchev–Trinajstić information content (AvgIpc) is 3.53. The summed E-state index contributed by atoms with van der Waals surface area (Å²) in [6, 6.07) is 21.8. The Kier molecular flexibility index (Phi) is 6.37. The quantitative estimate of drug-likeness (QED) is 0.526. The SMILES string of the molecule is CCOc1ccc(CN2C(=O)c3ccc(-c4ccccc4)n3C[C@]2(C)C(=O)NC2CCCC2)cc1. The fourth-order valence-corrected chi connectivity index (χ4v) is 5.33. The van der Waals surface area contributed by atoms with Gasteiger partial charge in [0.2, 0.25) is 5.91 Å². The van der Waals surface area contributed by atoms with Crippen LogP contribution in [0.15, 0.2) is 66.7 Å². The van der Waals surface area contributed by atoms with E-state index in [0.717, 1.165) is 48.3 Å². The lowest BCUT2D eigenvalue weighted by atomic mass is 9.93. The third-order valence-electron chi connectivity index (χ3n) is 7.33. The largest absolute Gasteiger partial charge is 0.494 e. The zero-order valence-corrected chi connectivity index (χ0v) is 20.5. The van der Waals surface area contributed by atoms with E-state index in [1.54, 1.807) is 4.90 Å². The zero-order valence-electron chi connectivity index (χ0n) is 20.5. The highest BCUT2D eigenvalue weighted by molar-refractivity contribution is 6.00. The van der Waals surface area contributed by atoms with Crippen LogP contribution in [-0.4, -0.2) is 39.5 Å². The fraction of sp³-hybridized carbons (Fsp3) is 0.379. The van der Waals surface area contributed by atoms with Crippen LogP contribution in [0, 0.1) is 0 Å². The fourth-order valence-electron chi connectivity index (χ4n) is 5.33. The smallest absolute Gasteiger partial charge is 0.271 e. The number of ether oxygens (including phenoxy) is 1. The van der Waals surface area contributed by atoms with Crippen molar-refractivity contribution in [2.45, 2.75) is 64.2 Å². The lowest BCUT2D eigenvalue weighted by Crippen LogP contribution is -2.64. The minimum Gasteiger partial charge on any atom is -0.494 e. The summed E-state index contributed by atoms with van der Waals surface area (Å²) in [7, 11) is 0. The number of hydrogen-bond donors (Lipinski definition) is 1. The lowest BCUT2D eigenvalue weighted by molar-refractivity contribution is -0.133. The third kappa shape index (κ3) is 4.45. The topological polar surface area (TPSA) is 63.6 Å². The molecule has 0 spiro atoms. The van der Waals surface area contributed by atoms with Crippen molar-refractivity contribution in [2.75, 3.05) is 6.61 Å². The maximum atomic E-state index is 13.9. The summed E-state index contributed by atoms with van der Waals surface area (Å²) in [4.78, 5) is 29.4. The third-order valence-corrected chi connectivity index (χ3v) is 7.33. The van der Waals surface area contributed by atoms with Crippen LogP contribution in [0.1, 0.15) is 55.6 Å². The summed E-state index contributed by atoms with van der Waals surface area (Å²) >= 11 is 0. The van der Waals surface area contributed by atoms with Crippen LogP contribution in [0.5, 0.6) is 5.75 Å². The lowest BCUT2D eigenvalue weighted by Gasteiger charge is -2.45. The Hall–Kier alpha value is -3.54. The molecule has 0 unspecified atom stereocenters. The van der Waals surface area contributed by atoms with Crippen LogP contribution in [0.25, 0.3) is 11.3 Å². The summed E-state index contributed by atoms with van der Waals surface area (Å²) in [6.07, 6.45) is 4.27. The minimum absolute atomic E-state index is 0.0814. The van der Waals surface area contributed by atoms with Crippen molar-refractivity contribution >= 4 is 11.8 Å². The maximum absolute atomic E-state index is 13.9. The summed E-state index contributed by atoms with van der Waals surface area (Å²) in [5, 5.41) is 3.27. The number of fused-ring (bicyclic) bond motifs is 1. The predicted octanol–water partition coefficient (Wildman–Crippen LogP) is 5.03. The Morgan fingerprint density at radius 3 is 2.37 bits per heavy atom. The number of rotatable bonds is 7. The van der Waals surface area contributed by atoms with Crippen LogP contribution >= 0.6 is 0 Å². The Balaban J connectivity index is 1.51. The number of benzene rings is 2. The van der Waals surface area contributed by atoms with Gasteiger partial charge < -0.3 is 19.5 Å². The van der Waals surface area contributed by atoms with E-state index in [0.29, 0.717) is 25.4 Å². The van der Waals surface area contributed by atoms with Crippen molar-refractivity contribution in [3.05, 3.63) is 78.0 Å². The monoisotopic (exact) mass is 471 g/mol. The van der Waals surface area contributed by atoms with E-state index in [1.165, 1.54) is 0 Å². The summed E-state index contributed by atoms with van der Waals surface area (Å²) < 4.78 is 7.58. The molecule has 2 aromatic carbocycles. The minimum atomic E-state index is -1.02. The molecule has 2 aliphatic rings. The molecule has 5 rings (SSSR count). The number of nitrogens with one attached hydrogen (secondary N) is 1. The molecule has 3 aromatic rings. The first-order valence-electron chi connectivity index (χ1n) is 12.6. The summed E-state index contributed by atoms with van der Waals surface area (Å²) in [5.74, 6) is 0.586. The van der Waals surface area contributed by atoms with Crippen LogP contribution in [0.4, 0.5) is 0 Å². The molecular weight excluding hydrogens is 438 g/mol. The van der Waals surface area contributed by atoms with E-state index in [-0.39, 0.29) is 17.9 Å². The Labute approximate surface area is 206 Å². The van der Waals surface area contributed by atoms with E-state index < -0.39 is 5.54 Å². The highest BCUT2D eigenvalue weighted by Crippen LogP contribution is 2.35. The van der Waals surface area contributed by atoms with Gasteiger partial charge in [-0.05, 0) is 62.1 Å². The first-order chi connectivity index (χ1) is 17.0. The molecular formula is C29H33N3O3. The highest BCUT2D eigenvalue weighted by atomic mass is 16.5. The molecule has 2 heterocycles. The van der Waals surface area contributed by atoms with Crippen molar-refractivity contribution < 1.29 is 14.3 Å². The van der Waals surface area contributed by atoms with E-state index in [2.05, 4.69) is 5.32 Å². The normalized spacial score (nSPS) is 20.1. The van der Waals surface area contributed by atoms with Gasteiger partial charge in [0.15, 0.2) is 0 Å². The molecule has 6 nitrogen and oxygen atoms in total. The number of nitrogens with zero attached hydrogens (tertiary/aromatic N) is 2. The van der Waals surface area contributed by atoms with E-state index in [1.807, 2.05) is 85.1 Å². The van der Waals surface area contributed by atoms with Crippen molar-refractivity contribution in [2.24, 2.45) is 0 Å². The second kappa shape index (κ2) is 9.61. The molecule has 0 saturated heterocycles. The van der Waals surface area contributed by atoms with Crippen molar-refractivity contribution in [3.8, 4) is 17.0 Å². The molecule has 1 fully saturated rings. The predicted molar refractivity (Wildman–Crippen MR) is 136 cm³/mol. The Morgan fingerprint density at radius 2 is 1.69 bits per heavy atom. The molecule has 0 bridgehead atoms. The Morgan fingerprint density at radius 1 is 1.00 bits per heavy atom. The summed E-state index contributed by atoms with van der Waals surface area (Å²) in [6.45, 7) is 5.21. The number of carbonyl (C=O) groups excluding carboxylic acids is 2. The second-order valence-corrected chi connectivity index (χ2v) is 9.75. The number of hydrogen-bond acceptors (Lipinski definition) is 3. The number of aromatic nitrogens is 1. The molecule has 1 N–H and O–H groups in total. The molecule has 1 aliphatic carbocycles. The first-order valence-corrected chi connectivity index (χ1v) is 12.6. The molecule has 2 amide bonds. The van der Waals surface area contributed by atoms with Crippen molar-refractivity contribution in [1.29, 1.82) is 0 Å². The van der Waals surface area contributed by atoms with Crippen molar-refractivity contribution in [3.63, 3.8) is 0 Å². The average molecular weight is 472 g/mol. The van der Waals surface area contributed by atoms with Gasteiger partial charge in [0.25, 0.3) is 5.91 Å². The maximum Gasteiger partial charge on any atom is 0.271 e. The van der Waals surface area contributed by atoms with Crippen LogP contribution in [-0.2, 0) is 17.9 Å². The zero-order chi connectivity index (χ0) is 24.4. The second-order valence-electron chi connectivity index (χ2n) is 9.75. The molecule has 182 valence electrons. The molecule has 0 radical (unpaired) electrons. The van der Waals surface area contributed by atoms with Gasteiger partial charge in [-0.15, -0.1) is 0 Å². The van der Waals surface area contributed by atoms with Crippen LogP contribution in [0.2, 0.25) is 0 Å². The van der Waals surface area contributed by atoms with E-state index in [4.69, 9.17) is 4.74 Å². The van der Waals surface area contributed by atoms with E-state index in [9.17, 15) is 9.59 Å². The number of carbonyl (C=O) groups is 2. The molecule has 1 aromatic heterocycles. The standard InChI is InChI=1S/C29H33N3O3/c1-3-35-24-15-13-21(14-16-24)19-32-27(33)26-18-17-25(22-9-5-4-6-10-22)31(26)20-29(32,2)28(34)30-23-11-7-8-12-23/h4-6,9-10,13-18,23H,3,7-8,11-12,19-20H2,1-2H3,(H,30,34)/t29-/m1/s1. The van der Waals surface area contributed by atoms with Crippen molar-refractivity contribution in [1.82, 2.24) is 14.8 Å². The molecule has 1 saturated carbocycles. The van der Waals surface area contributed by atoms with Gasteiger partial charge in [-0.2, -0.15) is 0 Å². The summed E-state index contributed by atoms with van der Waals surface area (Å²) in [5.41, 5.74) is 2.54. The van der Waals surface area contributed by atoms with Crippen LogP contribution < -0.4 is 10.1 Å². The van der Waals surface area contributed by atoms with E-state index >= 15 is 0 Å². The number of amides is 2. The van der Waals surface area contributed by atoms with Gasteiger partial charge >= 0.3 is 0 Å². The Bertz CT molecular complexity index is 1200. The molecule has 35 heavy (non-hydrogen) atoms. The van der Waals surface area contributed by atoms with Gasteiger partial charge in [0.1, 0.15) is 17.0 Å². The first kappa shape index (κ1) is 23.2. The highest BCUT2D eigenvalue weighted by Gasteiger charge is 2.48. The molecule has 6 heteroatoms. The van der Waals surface area contributed by atoms with Gasteiger partial charge in [-0.3, -0.25) is 9.59 Å². The van der Waals surface area contributed by atoms with Gasteiger partial charge in [-0.1, -0.05) is 55.3 Å². The van der Waals surface area contributed by atoms with Crippen LogP contribution in [0.3, 0.4) is 0 Å². The van der Waals surface area contributed by atoms with Gasteiger partial charge in [0, 0.05) is 18.3 Å². The molecule has 1 atom stereocenters. The van der Waals surface area contributed by atoms with Gasteiger partial charge in [0.05, 0.1) is 13.2 Å².